The third-order valence-electron chi connectivity index (χ3n) is 2.93. The Kier molecular flexibility index (Phi) is 5.74. The summed E-state index contributed by atoms with van der Waals surface area (Å²) < 4.78 is 23.8. The third kappa shape index (κ3) is 4.38. The maximum atomic E-state index is 11.2. The lowest BCUT2D eigenvalue weighted by molar-refractivity contribution is 0.572. The lowest BCUT2D eigenvalue weighted by Gasteiger charge is -2.02. The van der Waals surface area contributed by atoms with Gasteiger partial charge in [-0.05, 0) is 6.42 Å². The summed E-state index contributed by atoms with van der Waals surface area (Å²) in [6, 6.07) is 0. The zero-order chi connectivity index (χ0) is 13.6. The van der Waals surface area contributed by atoms with Crippen molar-refractivity contribution in [1.82, 2.24) is 14.8 Å². The minimum Gasteiger partial charge on any atom is -0.304 e. The molecule has 6 nitrogen and oxygen atoms in total. The van der Waals surface area contributed by atoms with Gasteiger partial charge in [-0.2, -0.15) is 0 Å². The van der Waals surface area contributed by atoms with Gasteiger partial charge in [-0.15, -0.1) is 10.2 Å². The van der Waals surface area contributed by atoms with Crippen molar-refractivity contribution in [2.75, 3.05) is 0 Å². The molecule has 0 aliphatic carbocycles. The van der Waals surface area contributed by atoms with E-state index in [1.165, 1.54) is 30.3 Å². The van der Waals surface area contributed by atoms with Crippen LogP contribution >= 0.6 is 0 Å². The number of nitrogens with two attached hydrogens (primary N) is 1. The molecule has 0 radical (unpaired) electrons. The van der Waals surface area contributed by atoms with E-state index in [0.717, 1.165) is 19.3 Å². The normalized spacial score (nSPS) is 11.9. The first-order valence-electron chi connectivity index (χ1n) is 6.38. The summed E-state index contributed by atoms with van der Waals surface area (Å²) in [4.78, 5) is 0. The van der Waals surface area contributed by atoms with Gasteiger partial charge in [-0.1, -0.05) is 39.0 Å². The van der Waals surface area contributed by atoms with Gasteiger partial charge in [0, 0.05) is 13.5 Å². The zero-order valence-electron chi connectivity index (χ0n) is 11.1. The molecule has 0 aliphatic rings. The Morgan fingerprint density at radius 1 is 1.11 bits per heavy atom. The lowest BCUT2D eigenvalue weighted by atomic mass is 10.1. The van der Waals surface area contributed by atoms with Gasteiger partial charge in [0.15, 0.2) is 0 Å². The summed E-state index contributed by atoms with van der Waals surface area (Å²) in [5, 5.41) is 12.4. The zero-order valence-corrected chi connectivity index (χ0v) is 11.9. The first kappa shape index (κ1) is 15.1. The van der Waals surface area contributed by atoms with Gasteiger partial charge < -0.3 is 4.57 Å². The fourth-order valence-electron chi connectivity index (χ4n) is 1.87. The average Bonchev–Trinajstić information content (AvgIpc) is 2.65. The smallest absolute Gasteiger partial charge is 0.273 e. The van der Waals surface area contributed by atoms with Crippen LogP contribution in [0.1, 0.15) is 51.3 Å². The van der Waals surface area contributed by atoms with Gasteiger partial charge in [0.25, 0.3) is 15.2 Å². The van der Waals surface area contributed by atoms with Gasteiger partial charge in [-0.3, -0.25) is 0 Å². The van der Waals surface area contributed by atoms with Crippen LogP contribution in [0.2, 0.25) is 0 Å². The lowest BCUT2D eigenvalue weighted by Crippen LogP contribution is -2.17. The Morgan fingerprint density at radius 3 is 2.28 bits per heavy atom. The Bertz CT molecular complexity index is 467. The molecule has 18 heavy (non-hydrogen) atoms. The summed E-state index contributed by atoms with van der Waals surface area (Å²) >= 11 is 0. The monoisotopic (exact) mass is 274 g/mol. The second-order valence-electron chi connectivity index (χ2n) is 4.52. The molecule has 1 heterocycles. The number of sulfonamides is 1. The first-order valence-corrected chi connectivity index (χ1v) is 7.92. The minimum atomic E-state index is -3.77. The van der Waals surface area contributed by atoms with E-state index < -0.39 is 10.0 Å². The molecular formula is C11H22N4O2S. The van der Waals surface area contributed by atoms with Crippen molar-refractivity contribution in [2.45, 2.75) is 57.0 Å². The Hall–Kier alpha value is -0.950. The Labute approximate surface area is 109 Å². The summed E-state index contributed by atoms with van der Waals surface area (Å²) in [5.74, 6) is 0.675. The molecule has 1 rings (SSSR count). The summed E-state index contributed by atoms with van der Waals surface area (Å²) in [6.07, 6.45) is 7.87. The van der Waals surface area contributed by atoms with Crippen molar-refractivity contribution in [3.8, 4) is 0 Å². The number of primary sulfonamides is 1. The molecule has 7 heteroatoms. The average molecular weight is 274 g/mol. The number of rotatable bonds is 8. The second-order valence-corrected chi connectivity index (χ2v) is 5.98. The van der Waals surface area contributed by atoms with Crippen LogP contribution in [0.3, 0.4) is 0 Å². The molecule has 0 saturated carbocycles. The number of aryl methyl sites for hydroxylation is 1. The van der Waals surface area contributed by atoms with Crippen LogP contribution < -0.4 is 5.14 Å². The fraction of sp³-hybridized carbons (Fsp3) is 0.818. The van der Waals surface area contributed by atoms with Gasteiger partial charge in [0.1, 0.15) is 5.82 Å². The molecule has 0 saturated heterocycles. The number of hydrogen-bond acceptors (Lipinski definition) is 4. The van der Waals surface area contributed by atoms with Gasteiger partial charge in [0.05, 0.1) is 0 Å². The molecule has 0 fully saturated rings. The molecule has 1 aromatic rings. The molecule has 0 atom stereocenters. The quantitative estimate of drug-likeness (QED) is 0.725. The van der Waals surface area contributed by atoms with Gasteiger partial charge >= 0.3 is 0 Å². The van der Waals surface area contributed by atoms with E-state index in [-0.39, 0.29) is 5.16 Å². The molecule has 1 aromatic heterocycles. The highest BCUT2D eigenvalue weighted by atomic mass is 32.2. The molecule has 104 valence electrons. The number of unbranched alkanes of at least 4 members (excludes halogenated alkanes) is 5. The number of hydrogen-bond donors (Lipinski definition) is 1. The first-order chi connectivity index (χ1) is 8.46. The van der Waals surface area contributed by atoms with Gasteiger partial charge in [0.2, 0.25) is 0 Å². The number of aromatic nitrogens is 3. The summed E-state index contributed by atoms with van der Waals surface area (Å²) in [7, 11) is -2.13. The molecule has 0 spiro atoms. The van der Waals surface area contributed by atoms with Crippen LogP contribution in [0.5, 0.6) is 0 Å². The predicted octanol–water partition coefficient (Wildman–Crippen LogP) is 1.37. The van der Waals surface area contributed by atoms with E-state index in [4.69, 9.17) is 5.14 Å². The maximum Gasteiger partial charge on any atom is 0.273 e. The largest absolute Gasteiger partial charge is 0.304 e. The van der Waals surface area contributed by atoms with Crippen LogP contribution in [-0.2, 0) is 23.5 Å². The van der Waals surface area contributed by atoms with E-state index >= 15 is 0 Å². The minimum absolute atomic E-state index is 0.163. The molecular weight excluding hydrogens is 252 g/mol. The van der Waals surface area contributed by atoms with Crippen LogP contribution in [0, 0.1) is 0 Å². The van der Waals surface area contributed by atoms with E-state index in [0.29, 0.717) is 5.82 Å². The Balaban J connectivity index is 2.42. The van der Waals surface area contributed by atoms with E-state index in [1.54, 1.807) is 7.05 Å². The summed E-state index contributed by atoms with van der Waals surface area (Å²) in [5.41, 5.74) is 0. The van der Waals surface area contributed by atoms with Crippen molar-refractivity contribution >= 4 is 10.0 Å². The molecule has 0 aromatic carbocycles. The standard InChI is InChI=1S/C11H22N4O2S/c1-3-4-5-6-7-8-9-10-13-14-11(15(10)2)18(12,16)17/h3-9H2,1-2H3,(H2,12,16,17). The molecule has 0 unspecified atom stereocenters. The number of nitrogens with zero attached hydrogens (tertiary/aromatic N) is 3. The fourth-order valence-corrected chi connectivity index (χ4v) is 2.52. The van der Waals surface area contributed by atoms with Crippen molar-refractivity contribution < 1.29 is 8.42 Å². The topological polar surface area (TPSA) is 90.9 Å². The van der Waals surface area contributed by atoms with E-state index in [1.807, 2.05) is 0 Å². The maximum absolute atomic E-state index is 11.2. The summed E-state index contributed by atoms with van der Waals surface area (Å²) in [6.45, 7) is 2.19. The predicted molar refractivity (Wildman–Crippen MR) is 69.5 cm³/mol. The third-order valence-corrected chi connectivity index (χ3v) is 3.80. The van der Waals surface area contributed by atoms with Crippen molar-refractivity contribution in [2.24, 2.45) is 12.2 Å². The highest BCUT2D eigenvalue weighted by Gasteiger charge is 2.17. The van der Waals surface area contributed by atoms with Gasteiger partial charge in [-0.25, -0.2) is 13.6 Å². The SMILES string of the molecule is CCCCCCCCc1nnc(S(N)(=O)=O)n1C. The van der Waals surface area contributed by atoms with Crippen molar-refractivity contribution in [3.05, 3.63) is 5.82 Å². The molecule has 0 aliphatic heterocycles. The molecule has 0 amide bonds. The van der Waals surface area contributed by atoms with Crippen molar-refractivity contribution in [3.63, 3.8) is 0 Å². The van der Waals surface area contributed by atoms with E-state index in [9.17, 15) is 8.42 Å². The van der Waals surface area contributed by atoms with E-state index in [2.05, 4.69) is 17.1 Å². The van der Waals surface area contributed by atoms with Crippen LogP contribution in [0.4, 0.5) is 0 Å². The highest BCUT2D eigenvalue weighted by Crippen LogP contribution is 2.10. The van der Waals surface area contributed by atoms with Crippen molar-refractivity contribution in [1.29, 1.82) is 0 Å². The highest BCUT2D eigenvalue weighted by molar-refractivity contribution is 7.89. The second kappa shape index (κ2) is 6.84. The van der Waals surface area contributed by atoms with Crippen LogP contribution in [0.25, 0.3) is 0 Å². The van der Waals surface area contributed by atoms with Crippen LogP contribution in [0.15, 0.2) is 5.16 Å². The Morgan fingerprint density at radius 2 is 1.72 bits per heavy atom. The van der Waals surface area contributed by atoms with Crippen LogP contribution in [-0.4, -0.2) is 23.2 Å². The molecule has 0 bridgehead atoms. The molecule has 2 N–H and O–H groups in total.